The number of aryl methyl sites for hydroxylation is 2. The van der Waals surface area contributed by atoms with E-state index in [1.165, 1.54) is 11.3 Å². The first-order chi connectivity index (χ1) is 21.3. The van der Waals surface area contributed by atoms with Gasteiger partial charge in [-0.15, -0.1) is 0 Å². The Hall–Kier alpha value is -4.95. The maximum atomic E-state index is 14.3. The van der Waals surface area contributed by atoms with Crippen LogP contribution in [-0.2, 0) is 9.53 Å². The van der Waals surface area contributed by atoms with Gasteiger partial charge in [0.1, 0.15) is 12.4 Å². The molecule has 44 heavy (non-hydrogen) atoms. The molecule has 0 saturated heterocycles. The largest absolute Gasteiger partial charge is 0.490 e. The van der Waals surface area contributed by atoms with Crippen molar-refractivity contribution in [1.29, 1.82) is 0 Å². The van der Waals surface area contributed by atoms with Crippen LogP contribution < -0.4 is 19.6 Å². The molecular formula is C36H33N3O4S. The van der Waals surface area contributed by atoms with Crippen molar-refractivity contribution in [3.63, 3.8) is 0 Å². The van der Waals surface area contributed by atoms with Crippen molar-refractivity contribution >= 4 is 34.3 Å². The highest BCUT2D eigenvalue weighted by atomic mass is 32.1. The number of nitrogens with zero attached hydrogens (tertiary/aromatic N) is 2. The average Bonchev–Trinajstić information content (AvgIpc) is 3.53. The predicted molar refractivity (Wildman–Crippen MR) is 176 cm³/mol. The highest BCUT2D eigenvalue weighted by molar-refractivity contribution is 7.07. The Bertz CT molecular complexity index is 2120. The van der Waals surface area contributed by atoms with Crippen LogP contribution in [0.3, 0.4) is 0 Å². The molecule has 8 heteroatoms. The van der Waals surface area contributed by atoms with E-state index >= 15 is 0 Å². The summed E-state index contributed by atoms with van der Waals surface area (Å²) in [4.78, 5) is 36.5. The van der Waals surface area contributed by atoms with Crippen LogP contribution in [-0.4, -0.2) is 28.7 Å². The molecule has 1 atom stereocenters. The molecule has 0 aliphatic carbocycles. The lowest BCUT2D eigenvalue weighted by molar-refractivity contribution is -0.139. The first-order valence-electron chi connectivity index (χ1n) is 14.5. The second kappa shape index (κ2) is 12.0. The van der Waals surface area contributed by atoms with E-state index in [1.54, 1.807) is 24.5 Å². The number of rotatable bonds is 8. The number of H-pyrrole nitrogens is 1. The number of aromatic amines is 1. The summed E-state index contributed by atoms with van der Waals surface area (Å²) in [6.45, 7) is 12.0. The molecule has 0 unspecified atom stereocenters. The Morgan fingerprint density at radius 3 is 2.55 bits per heavy atom. The summed E-state index contributed by atoms with van der Waals surface area (Å²) in [5.74, 6) is 0.173. The molecule has 222 valence electrons. The van der Waals surface area contributed by atoms with Gasteiger partial charge in [0.25, 0.3) is 5.56 Å². The van der Waals surface area contributed by atoms with Gasteiger partial charge in [0.15, 0.2) is 4.80 Å². The molecule has 0 radical (unpaired) electrons. The number of aromatic nitrogens is 2. The van der Waals surface area contributed by atoms with Gasteiger partial charge in [-0.25, -0.2) is 9.79 Å². The van der Waals surface area contributed by atoms with Gasteiger partial charge in [0.2, 0.25) is 0 Å². The molecular weight excluding hydrogens is 570 g/mol. The Kier molecular flexibility index (Phi) is 7.93. The summed E-state index contributed by atoms with van der Waals surface area (Å²) in [6, 6.07) is 21.1. The van der Waals surface area contributed by atoms with Crippen LogP contribution >= 0.6 is 11.3 Å². The Morgan fingerprint density at radius 1 is 1.09 bits per heavy atom. The number of fused-ring (bicyclic) bond motifs is 2. The normalized spacial score (nSPS) is 14.8. The van der Waals surface area contributed by atoms with Gasteiger partial charge in [-0.05, 0) is 68.7 Å². The third kappa shape index (κ3) is 5.22. The van der Waals surface area contributed by atoms with Gasteiger partial charge in [-0.3, -0.25) is 9.36 Å². The number of ether oxygens (including phenoxy) is 2. The number of benzene rings is 3. The topological polar surface area (TPSA) is 85.7 Å². The van der Waals surface area contributed by atoms with E-state index < -0.39 is 12.0 Å². The fraction of sp³-hybridized carbons (Fsp3) is 0.194. The van der Waals surface area contributed by atoms with Crippen molar-refractivity contribution in [2.45, 2.75) is 33.7 Å². The number of carbonyl (C=O) groups is 1. The minimum Gasteiger partial charge on any atom is -0.490 e. The van der Waals surface area contributed by atoms with Crippen LogP contribution in [0.1, 0.15) is 42.1 Å². The number of nitrogens with one attached hydrogen (secondary N) is 1. The zero-order chi connectivity index (χ0) is 31.0. The second-order valence-electron chi connectivity index (χ2n) is 10.8. The van der Waals surface area contributed by atoms with E-state index in [4.69, 9.17) is 14.5 Å². The number of carbonyl (C=O) groups excluding carboxylic acids is 1. The summed E-state index contributed by atoms with van der Waals surface area (Å²) >= 11 is 1.32. The van der Waals surface area contributed by atoms with Crippen LogP contribution in [0.5, 0.6) is 5.75 Å². The molecule has 6 rings (SSSR count). The predicted octanol–water partition coefficient (Wildman–Crippen LogP) is 6.13. The lowest BCUT2D eigenvalue weighted by atomic mass is 9.96. The molecule has 1 aliphatic heterocycles. The molecule has 1 aliphatic rings. The fourth-order valence-electron chi connectivity index (χ4n) is 5.79. The Balaban J connectivity index is 1.58. The molecule has 7 nitrogen and oxygen atoms in total. The third-order valence-electron chi connectivity index (χ3n) is 7.71. The lowest BCUT2D eigenvalue weighted by Crippen LogP contribution is -2.39. The number of thiazole rings is 1. The summed E-state index contributed by atoms with van der Waals surface area (Å²) in [6.07, 6.45) is 3.63. The van der Waals surface area contributed by atoms with Crippen molar-refractivity contribution in [3.05, 3.63) is 133 Å². The molecule has 0 spiro atoms. The summed E-state index contributed by atoms with van der Waals surface area (Å²) in [5, 5.41) is 1.04. The van der Waals surface area contributed by atoms with E-state index in [9.17, 15) is 9.59 Å². The Labute approximate surface area is 259 Å². The number of esters is 1. The number of allylic oxidation sites excluding steroid dienone is 1. The highest BCUT2D eigenvalue weighted by Gasteiger charge is 2.33. The van der Waals surface area contributed by atoms with Gasteiger partial charge < -0.3 is 14.5 Å². The minimum absolute atomic E-state index is 0.211. The van der Waals surface area contributed by atoms with E-state index in [0.717, 1.165) is 44.4 Å². The van der Waals surface area contributed by atoms with Crippen molar-refractivity contribution in [1.82, 2.24) is 9.55 Å². The molecule has 0 amide bonds. The fourth-order valence-corrected chi connectivity index (χ4v) is 6.82. The van der Waals surface area contributed by atoms with Crippen molar-refractivity contribution in [2.24, 2.45) is 4.99 Å². The molecule has 0 bridgehead atoms. The van der Waals surface area contributed by atoms with Crippen LogP contribution in [0, 0.1) is 13.8 Å². The van der Waals surface area contributed by atoms with E-state index in [0.29, 0.717) is 33.0 Å². The van der Waals surface area contributed by atoms with Crippen LogP contribution in [0.25, 0.3) is 28.2 Å². The van der Waals surface area contributed by atoms with Crippen molar-refractivity contribution < 1.29 is 14.3 Å². The highest BCUT2D eigenvalue weighted by Crippen LogP contribution is 2.34. The molecule has 5 aromatic rings. The molecule has 2 aromatic heterocycles. The van der Waals surface area contributed by atoms with Gasteiger partial charge in [0.05, 0.1) is 34.1 Å². The van der Waals surface area contributed by atoms with Crippen LogP contribution in [0.15, 0.2) is 100 Å². The number of hydrogen-bond acceptors (Lipinski definition) is 6. The second-order valence-corrected chi connectivity index (χ2v) is 11.8. The molecule has 0 fully saturated rings. The quantitative estimate of drug-likeness (QED) is 0.171. The van der Waals surface area contributed by atoms with Crippen molar-refractivity contribution in [2.75, 3.05) is 13.2 Å². The van der Waals surface area contributed by atoms with Crippen molar-refractivity contribution in [3.8, 4) is 17.0 Å². The van der Waals surface area contributed by atoms with Crippen LogP contribution in [0.2, 0.25) is 0 Å². The maximum Gasteiger partial charge on any atom is 0.338 e. The van der Waals surface area contributed by atoms with Gasteiger partial charge in [0, 0.05) is 16.5 Å². The van der Waals surface area contributed by atoms with Gasteiger partial charge in [-0.1, -0.05) is 78.1 Å². The summed E-state index contributed by atoms with van der Waals surface area (Å²) in [7, 11) is 0. The molecule has 1 N–H and O–H groups in total. The molecule has 3 aromatic carbocycles. The zero-order valence-electron chi connectivity index (χ0n) is 25.1. The molecule has 0 saturated carbocycles. The minimum atomic E-state index is -0.707. The lowest BCUT2D eigenvalue weighted by Gasteiger charge is -2.24. The monoisotopic (exact) mass is 603 g/mol. The van der Waals surface area contributed by atoms with E-state index in [-0.39, 0.29) is 12.2 Å². The van der Waals surface area contributed by atoms with Gasteiger partial charge in [-0.2, -0.15) is 0 Å². The van der Waals surface area contributed by atoms with E-state index in [1.807, 2.05) is 48.5 Å². The first-order valence-corrected chi connectivity index (χ1v) is 15.3. The third-order valence-corrected chi connectivity index (χ3v) is 8.69. The SMILES string of the molecule is C=CCOc1ccc([C@@H]2C(C(=O)OCC)=C(C)N=c3s/c(=C\c4c(-c5ccccc5)[nH]c5c(C)cc(C)cc45)c(=O)n32)cc1. The van der Waals surface area contributed by atoms with Crippen LogP contribution in [0.4, 0.5) is 0 Å². The summed E-state index contributed by atoms with van der Waals surface area (Å²) in [5.41, 5.74) is 7.60. The Morgan fingerprint density at radius 2 is 1.84 bits per heavy atom. The van der Waals surface area contributed by atoms with E-state index in [2.05, 4.69) is 49.7 Å². The standard InChI is InChI=1S/C36H33N3O4S/c1-6-17-43-26-15-13-25(14-16-26)33-30(35(41)42-7-2)23(5)37-36-39(33)34(40)29(44-36)20-28-27-19-21(3)18-22(4)31(27)38-32(28)24-11-9-8-10-12-24/h6,8-16,18-20,33,38H,1,7,17H2,2-5H3/b29-20-/t33-/m1/s1. The maximum absolute atomic E-state index is 14.3. The molecule has 3 heterocycles. The number of hydrogen-bond donors (Lipinski definition) is 1. The van der Waals surface area contributed by atoms with Gasteiger partial charge >= 0.3 is 5.97 Å². The first kappa shape index (κ1) is 29.1. The summed E-state index contributed by atoms with van der Waals surface area (Å²) < 4.78 is 13.3. The smallest absolute Gasteiger partial charge is 0.338 e. The zero-order valence-corrected chi connectivity index (χ0v) is 26.0. The average molecular weight is 604 g/mol.